The molecule has 3 nitrogen and oxygen atoms in total. The highest BCUT2D eigenvalue weighted by molar-refractivity contribution is 5.27. The molecular weight excluding hydrogens is 174 g/mol. The lowest BCUT2D eigenvalue weighted by molar-refractivity contribution is -0.877. The zero-order valence-electron chi connectivity index (χ0n) is 9.07. The second-order valence-corrected chi connectivity index (χ2v) is 3.99. The van der Waals surface area contributed by atoms with Crippen LogP contribution in [-0.4, -0.2) is 22.2 Å². The number of hydrogen-bond donors (Lipinski definition) is 1. The summed E-state index contributed by atoms with van der Waals surface area (Å²) in [6.07, 6.45) is 8.77. The number of rotatable bonds is 1. The number of fused-ring (bicyclic) bond motifs is 1. The van der Waals surface area contributed by atoms with Crippen LogP contribution in [0, 0.1) is 0 Å². The van der Waals surface area contributed by atoms with Crippen LogP contribution in [0.1, 0.15) is 20.8 Å². The molecule has 0 aromatic carbocycles. The standard InChI is InChI=1S/C11H18N3/c1-4-14-9(2)6-5-7-11(14)8-13(12)10(14)3/h5-8,10H,4,12H2,1-3H3/q+1. The van der Waals surface area contributed by atoms with Gasteiger partial charge in [0.25, 0.3) is 0 Å². The molecular formula is C11H18N3+. The quantitative estimate of drug-likeness (QED) is 0.506. The Kier molecular flexibility index (Phi) is 2.01. The molecule has 2 atom stereocenters. The van der Waals surface area contributed by atoms with Crippen molar-refractivity contribution in [3.8, 4) is 0 Å². The molecule has 0 radical (unpaired) electrons. The van der Waals surface area contributed by atoms with Crippen LogP contribution in [0.15, 0.2) is 35.8 Å². The first-order valence-corrected chi connectivity index (χ1v) is 5.11. The van der Waals surface area contributed by atoms with E-state index in [1.807, 2.05) is 11.2 Å². The summed E-state index contributed by atoms with van der Waals surface area (Å²) < 4.78 is 0.882. The van der Waals surface area contributed by atoms with Gasteiger partial charge in [0.1, 0.15) is 5.70 Å². The van der Waals surface area contributed by atoms with Gasteiger partial charge >= 0.3 is 0 Å². The Hall–Kier alpha value is -1.06. The third-order valence-electron chi connectivity index (χ3n) is 3.54. The second kappa shape index (κ2) is 2.97. The Balaban J connectivity index is 2.53. The summed E-state index contributed by atoms with van der Waals surface area (Å²) in [4.78, 5) is 0. The van der Waals surface area contributed by atoms with E-state index in [9.17, 15) is 0 Å². The molecule has 3 heteroatoms. The molecule has 0 saturated heterocycles. The number of allylic oxidation sites excluding steroid dienone is 4. The Labute approximate surface area is 85.3 Å². The predicted octanol–water partition coefficient (Wildman–Crippen LogP) is 1.67. The van der Waals surface area contributed by atoms with Gasteiger partial charge in [0.15, 0.2) is 11.9 Å². The fourth-order valence-electron chi connectivity index (χ4n) is 2.60. The average molecular weight is 192 g/mol. The molecule has 0 fully saturated rings. The predicted molar refractivity (Wildman–Crippen MR) is 57.3 cm³/mol. The fraction of sp³-hybridized carbons (Fsp3) is 0.455. The highest BCUT2D eigenvalue weighted by Gasteiger charge is 2.46. The van der Waals surface area contributed by atoms with E-state index in [0.29, 0.717) is 6.17 Å². The molecule has 0 bridgehead atoms. The van der Waals surface area contributed by atoms with Crippen molar-refractivity contribution in [3.05, 3.63) is 35.8 Å². The van der Waals surface area contributed by atoms with Crippen molar-refractivity contribution < 1.29 is 4.48 Å². The van der Waals surface area contributed by atoms with Crippen LogP contribution in [0.4, 0.5) is 0 Å². The van der Waals surface area contributed by atoms with Gasteiger partial charge in [0.2, 0.25) is 0 Å². The van der Waals surface area contributed by atoms with E-state index in [1.54, 1.807) is 0 Å². The van der Waals surface area contributed by atoms with Gasteiger partial charge in [0.05, 0.1) is 12.7 Å². The van der Waals surface area contributed by atoms with Gasteiger partial charge in [-0.25, -0.2) is 10.3 Å². The van der Waals surface area contributed by atoms with Gasteiger partial charge in [-0.2, -0.15) is 0 Å². The largest absolute Gasteiger partial charge is 0.260 e. The molecule has 2 rings (SSSR count). The third kappa shape index (κ3) is 0.938. The number of hydrazine groups is 1. The lowest BCUT2D eigenvalue weighted by atomic mass is 10.1. The highest BCUT2D eigenvalue weighted by atomic mass is 15.6. The van der Waals surface area contributed by atoms with Crippen molar-refractivity contribution in [2.24, 2.45) is 5.84 Å². The lowest BCUT2D eigenvalue weighted by Crippen LogP contribution is -2.54. The topological polar surface area (TPSA) is 29.3 Å². The minimum absolute atomic E-state index is 0.302. The fourth-order valence-corrected chi connectivity index (χ4v) is 2.60. The molecule has 2 aliphatic heterocycles. The molecule has 0 amide bonds. The summed E-state index contributed by atoms with van der Waals surface area (Å²) in [6.45, 7) is 7.60. The van der Waals surface area contributed by atoms with Crippen LogP contribution in [0.5, 0.6) is 0 Å². The van der Waals surface area contributed by atoms with E-state index in [-0.39, 0.29) is 0 Å². The molecule has 0 aliphatic carbocycles. The van der Waals surface area contributed by atoms with Crippen LogP contribution in [-0.2, 0) is 0 Å². The molecule has 76 valence electrons. The minimum atomic E-state index is 0.302. The molecule has 2 aliphatic rings. The SMILES string of the molecule is CC[N+]12C(C)=CC=CC1=CN(N)C2C. The zero-order chi connectivity index (χ0) is 10.3. The lowest BCUT2D eigenvalue weighted by Gasteiger charge is -2.40. The van der Waals surface area contributed by atoms with Gasteiger partial charge in [-0.05, 0) is 13.0 Å². The molecule has 2 N–H and O–H groups in total. The maximum atomic E-state index is 5.94. The summed E-state index contributed by atoms with van der Waals surface area (Å²) in [5, 5.41) is 1.81. The summed E-state index contributed by atoms with van der Waals surface area (Å²) in [5.41, 5.74) is 2.66. The van der Waals surface area contributed by atoms with Crippen LogP contribution in [0.3, 0.4) is 0 Å². The van der Waals surface area contributed by atoms with Crippen LogP contribution in [0.25, 0.3) is 0 Å². The molecule has 0 saturated carbocycles. The van der Waals surface area contributed by atoms with Crippen molar-refractivity contribution in [2.75, 3.05) is 6.54 Å². The maximum absolute atomic E-state index is 5.94. The molecule has 14 heavy (non-hydrogen) atoms. The summed E-state index contributed by atoms with van der Waals surface area (Å²) in [5.74, 6) is 5.94. The Morgan fingerprint density at radius 2 is 2.29 bits per heavy atom. The summed E-state index contributed by atoms with van der Waals surface area (Å²) in [6, 6.07) is 0. The monoisotopic (exact) mass is 192 g/mol. The van der Waals surface area contributed by atoms with Crippen molar-refractivity contribution in [1.82, 2.24) is 5.01 Å². The van der Waals surface area contributed by atoms with Gasteiger partial charge in [-0.15, -0.1) is 0 Å². The Bertz CT molecular complexity index is 340. The number of quaternary nitrogens is 1. The average Bonchev–Trinajstić information content (AvgIpc) is 2.42. The number of hydrogen-bond acceptors (Lipinski definition) is 2. The van der Waals surface area contributed by atoms with Crippen LogP contribution < -0.4 is 5.84 Å². The van der Waals surface area contributed by atoms with Crippen molar-refractivity contribution in [1.29, 1.82) is 0 Å². The number of nitrogens with zero attached hydrogens (tertiary/aromatic N) is 2. The van der Waals surface area contributed by atoms with E-state index in [0.717, 1.165) is 11.0 Å². The third-order valence-corrected chi connectivity index (χ3v) is 3.54. The number of nitrogens with two attached hydrogens (primary N) is 1. The molecule has 0 aromatic rings. The van der Waals surface area contributed by atoms with E-state index in [1.165, 1.54) is 11.4 Å². The van der Waals surface area contributed by atoms with Crippen molar-refractivity contribution in [2.45, 2.75) is 26.9 Å². The highest BCUT2D eigenvalue weighted by Crippen LogP contribution is 2.38. The van der Waals surface area contributed by atoms with Gasteiger partial charge in [0, 0.05) is 19.9 Å². The first-order valence-electron chi connectivity index (χ1n) is 5.11. The Morgan fingerprint density at radius 3 is 2.86 bits per heavy atom. The van der Waals surface area contributed by atoms with E-state index >= 15 is 0 Å². The van der Waals surface area contributed by atoms with E-state index in [2.05, 4.69) is 39.0 Å². The van der Waals surface area contributed by atoms with Crippen molar-refractivity contribution >= 4 is 0 Å². The summed E-state index contributed by atoms with van der Waals surface area (Å²) >= 11 is 0. The van der Waals surface area contributed by atoms with Gasteiger partial charge < -0.3 is 0 Å². The van der Waals surface area contributed by atoms with Crippen LogP contribution in [0.2, 0.25) is 0 Å². The first kappa shape index (κ1) is 9.49. The first-order chi connectivity index (χ1) is 6.63. The Morgan fingerprint density at radius 1 is 1.57 bits per heavy atom. The minimum Gasteiger partial charge on any atom is -0.260 e. The maximum Gasteiger partial charge on any atom is 0.184 e. The molecule has 2 unspecified atom stereocenters. The van der Waals surface area contributed by atoms with Gasteiger partial charge in [-0.1, -0.05) is 6.08 Å². The number of likely N-dealkylation sites (N-methyl/N-ethyl adjacent to an activating group) is 1. The normalized spacial score (nSPS) is 35.4. The molecule has 0 aromatic heterocycles. The molecule has 0 spiro atoms. The van der Waals surface area contributed by atoms with Gasteiger partial charge in [-0.3, -0.25) is 5.01 Å². The van der Waals surface area contributed by atoms with Crippen LogP contribution >= 0.6 is 0 Å². The van der Waals surface area contributed by atoms with E-state index < -0.39 is 0 Å². The second-order valence-electron chi connectivity index (χ2n) is 3.99. The smallest absolute Gasteiger partial charge is 0.184 e. The zero-order valence-corrected chi connectivity index (χ0v) is 9.07. The summed E-state index contributed by atoms with van der Waals surface area (Å²) in [7, 11) is 0. The van der Waals surface area contributed by atoms with E-state index in [4.69, 9.17) is 5.84 Å². The molecule has 2 heterocycles. The van der Waals surface area contributed by atoms with Crippen molar-refractivity contribution in [3.63, 3.8) is 0 Å².